The van der Waals surface area contributed by atoms with Gasteiger partial charge in [0.25, 0.3) is 6.43 Å². The molecule has 20 heavy (non-hydrogen) atoms. The van der Waals surface area contributed by atoms with Crippen LogP contribution in [0.4, 0.5) is 22.0 Å². The van der Waals surface area contributed by atoms with Gasteiger partial charge in [-0.15, -0.1) is 13.2 Å². The van der Waals surface area contributed by atoms with Crippen molar-refractivity contribution in [1.82, 2.24) is 4.98 Å². The number of pyridine rings is 1. The number of methoxy groups -OCH3 is 1. The molecule has 1 N–H and O–H groups in total. The minimum Gasteiger partial charge on any atom is -0.506 e. The molecule has 1 aromatic heterocycles. The first-order valence-corrected chi connectivity index (χ1v) is 4.97. The minimum atomic E-state index is -5.15. The largest absolute Gasteiger partial charge is 0.574 e. The Labute approximate surface area is 108 Å². The standard InChI is InChI=1S/C10H8F5NO4/c1-19-7(17)3-5-8(18)4(9(11)12)2-6(16-5)20-10(13,14)15/h2,9,18H,3H2,1H3. The molecule has 0 aliphatic carbocycles. The van der Waals surface area contributed by atoms with Crippen LogP contribution in [0.1, 0.15) is 17.7 Å². The summed E-state index contributed by atoms with van der Waals surface area (Å²) in [6, 6.07) is 0.244. The molecule has 0 saturated carbocycles. The first-order valence-electron chi connectivity index (χ1n) is 4.97. The molecule has 1 aromatic rings. The van der Waals surface area contributed by atoms with Crippen molar-refractivity contribution in [2.75, 3.05) is 7.11 Å². The summed E-state index contributed by atoms with van der Waals surface area (Å²) in [6.07, 6.45) is -9.20. The number of aromatic hydroxyl groups is 1. The summed E-state index contributed by atoms with van der Waals surface area (Å²) in [5.74, 6) is -3.26. The lowest BCUT2D eigenvalue weighted by Gasteiger charge is -2.13. The van der Waals surface area contributed by atoms with Crippen LogP contribution < -0.4 is 4.74 Å². The highest BCUT2D eigenvalue weighted by Crippen LogP contribution is 2.34. The van der Waals surface area contributed by atoms with Crippen molar-refractivity contribution in [1.29, 1.82) is 0 Å². The summed E-state index contributed by atoms with van der Waals surface area (Å²) < 4.78 is 68.9. The molecule has 0 saturated heterocycles. The predicted octanol–water partition coefficient (Wildman–Crippen LogP) is 2.34. The van der Waals surface area contributed by atoms with Crippen molar-refractivity contribution in [3.05, 3.63) is 17.3 Å². The number of nitrogens with zero attached hydrogens (tertiary/aromatic N) is 1. The van der Waals surface area contributed by atoms with Crippen molar-refractivity contribution in [2.24, 2.45) is 0 Å². The van der Waals surface area contributed by atoms with E-state index >= 15 is 0 Å². The molecule has 1 rings (SSSR count). The van der Waals surface area contributed by atoms with Gasteiger partial charge in [0.05, 0.1) is 24.8 Å². The number of carbonyl (C=O) groups excluding carboxylic acids is 1. The Morgan fingerprint density at radius 3 is 2.50 bits per heavy atom. The Bertz CT molecular complexity index is 503. The van der Waals surface area contributed by atoms with Crippen molar-refractivity contribution < 1.29 is 41.3 Å². The zero-order valence-corrected chi connectivity index (χ0v) is 9.87. The van der Waals surface area contributed by atoms with Crippen molar-refractivity contribution in [3.8, 4) is 11.6 Å². The summed E-state index contributed by atoms with van der Waals surface area (Å²) in [4.78, 5) is 14.1. The van der Waals surface area contributed by atoms with Crippen molar-refractivity contribution >= 4 is 5.97 Å². The fourth-order valence-corrected chi connectivity index (χ4v) is 1.26. The van der Waals surface area contributed by atoms with E-state index in [0.717, 1.165) is 7.11 Å². The molecule has 5 nitrogen and oxygen atoms in total. The SMILES string of the molecule is COC(=O)Cc1nc(OC(F)(F)F)cc(C(F)F)c1O. The number of carbonyl (C=O) groups is 1. The van der Waals surface area contributed by atoms with E-state index in [0.29, 0.717) is 0 Å². The number of hydrogen-bond donors (Lipinski definition) is 1. The monoisotopic (exact) mass is 301 g/mol. The molecule has 1 heterocycles. The van der Waals surface area contributed by atoms with Crippen LogP contribution in [-0.4, -0.2) is 29.5 Å². The summed E-state index contributed by atoms with van der Waals surface area (Å²) in [5, 5.41) is 9.44. The van der Waals surface area contributed by atoms with E-state index in [1.54, 1.807) is 0 Å². The molecular weight excluding hydrogens is 293 g/mol. The zero-order chi connectivity index (χ0) is 15.5. The van der Waals surface area contributed by atoms with Crippen LogP contribution in [-0.2, 0) is 16.0 Å². The van der Waals surface area contributed by atoms with E-state index in [1.165, 1.54) is 0 Å². The van der Waals surface area contributed by atoms with Gasteiger partial charge in [-0.1, -0.05) is 0 Å². The normalized spacial score (nSPS) is 11.6. The van der Waals surface area contributed by atoms with Gasteiger partial charge in [-0.3, -0.25) is 4.79 Å². The highest BCUT2D eigenvalue weighted by molar-refractivity contribution is 5.73. The Balaban J connectivity index is 3.24. The number of alkyl halides is 5. The number of rotatable bonds is 4. The van der Waals surface area contributed by atoms with Gasteiger partial charge in [-0.25, -0.2) is 13.8 Å². The maximum atomic E-state index is 12.6. The predicted molar refractivity (Wildman–Crippen MR) is 53.3 cm³/mol. The van der Waals surface area contributed by atoms with Crippen LogP contribution in [0.15, 0.2) is 6.07 Å². The second-order valence-electron chi connectivity index (χ2n) is 3.45. The molecular formula is C10H8F5NO4. The first kappa shape index (κ1) is 15.9. The van der Waals surface area contributed by atoms with E-state index in [1.807, 2.05) is 0 Å². The van der Waals surface area contributed by atoms with Gasteiger partial charge in [0, 0.05) is 6.07 Å². The van der Waals surface area contributed by atoms with Crippen LogP contribution in [0.3, 0.4) is 0 Å². The quantitative estimate of drug-likeness (QED) is 0.683. The van der Waals surface area contributed by atoms with E-state index in [2.05, 4.69) is 14.5 Å². The average molecular weight is 301 g/mol. The molecule has 0 aliphatic rings. The minimum absolute atomic E-state index is 0.244. The highest BCUT2D eigenvalue weighted by atomic mass is 19.4. The lowest BCUT2D eigenvalue weighted by Crippen LogP contribution is -2.19. The van der Waals surface area contributed by atoms with E-state index in [9.17, 15) is 31.9 Å². The molecule has 0 radical (unpaired) electrons. The van der Waals surface area contributed by atoms with Crippen molar-refractivity contribution in [3.63, 3.8) is 0 Å². The third kappa shape index (κ3) is 4.21. The third-order valence-electron chi connectivity index (χ3n) is 2.07. The molecule has 10 heteroatoms. The summed E-state index contributed by atoms with van der Waals surface area (Å²) in [5.41, 5.74) is -1.83. The van der Waals surface area contributed by atoms with Gasteiger partial charge in [-0.2, -0.15) is 0 Å². The van der Waals surface area contributed by atoms with E-state index in [-0.39, 0.29) is 6.07 Å². The van der Waals surface area contributed by atoms with Crippen LogP contribution in [0, 0.1) is 0 Å². The molecule has 0 aromatic carbocycles. The summed E-state index contributed by atoms with van der Waals surface area (Å²) >= 11 is 0. The fraction of sp³-hybridized carbons (Fsp3) is 0.400. The molecule has 0 unspecified atom stereocenters. The number of halogens is 5. The van der Waals surface area contributed by atoms with Gasteiger partial charge < -0.3 is 14.6 Å². The van der Waals surface area contributed by atoms with Crippen LogP contribution in [0.5, 0.6) is 11.6 Å². The highest BCUT2D eigenvalue weighted by Gasteiger charge is 2.33. The Morgan fingerprint density at radius 2 is 2.05 bits per heavy atom. The van der Waals surface area contributed by atoms with Crippen LogP contribution in [0.2, 0.25) is 0 Å². The first-order chi connectivity index (χ1) is 9.14. The van der Waals surface area contributed by atoms with Crippen LogP contribution in [0.25, 0.3) is 0 Å². The molecule has 0 fully saturated rings. The van der Waals surface area contributed by atoms with Gasteiger partial charge in [0.1, 0.15) is 5.75 Å². The van der Waals surface area contributed by atoms with Gasteiger partial charge in [0.2, 0.25) is 5.88 Å². The average Bonchev–Trinajstić information content (AvgIpc) is 2.30. The second-order valence-corrected chi connectivity index (χ2v) is 3.45. The molecule has 0 spiro atoms. The Morgan fingerprint density at radius 1 is 1.45 bits per heavy atom. The van der Waals surface area contributed by atoms with Gasteiger partial charge in [-0.05, 0) is 0 Å². The fourth-order valence-electron chi connectivity index (χ4n) is 1.26. The van der Waals surface area contributed by atoms with E-state index < -0.39 is 48.1 Å². The molecule has 0 bridgehead atoms. The lowest BCUT2D eigenvalue weighted by molar-refractivity contribution is -0.276. The number of aromatic nitrogens is 1. The molecule has 112 valence electrons. The Kier molecular flexibility index (Phi) is 4.69. The van der Waals surface area contributed by atoms with Gasteiger partial charge in [0.15, 0.2) is 0 Å². The number of esters is 1. The van der Waals surface area contributed by atoms with Gasteiger partial charge >= 0.3 is 12.3 Å². The lowest BCUT2D eigenvalue weighted by atomic mass is 10.1. The molecule has 0 atom stereocenters. The zero-order valence-electron chi connectivity index (χ0n) is 9.87. The summed E-state index contributed by atoms with van der Waals surface area (Å²) in [7, 11) is 0.976. The topological polar surface area (TPSA) is 68.7 Å². The second kappa shape index (κ2) is 5.88. The van der Waals surface area contributed by atoms with Crippen molar-refractivity contribution in [2.45, 2.75) is 19.2 Å². The molecule has 0 aliphatic heterocycles. The van der Waals surface area contributed by atoms with Crippen LogP contribution >= 0.6 is 0 Å². The third-order valence-corrected chi connectivity index (χ3v) is 2.07. The number of ether oxygens (including phenoxy) is 2. The molecule has 0 amide bonds. The number of hydrogen-bond acceptors (Lipinski definition) is 5. The Hall–Kier alpha value is -2.13. The maximum absolute atomic E-state index is 12.6. The smallest absolute Gasteiger partial charge is 0.506 e. The maximum Gasteiger partial charge on any atom is 0.574 e. The summed E-state index contributed by atoms with van der Waals surface area (Å²) in [6.45, 7) is 0. The van der Waals surface area contributed by atoms with E-state index in [4.69, 9.17) is 0 Å².